The van der Waals surface area contributed by atoms with Gasteiger partial charge < -0.3 is 19.7 Å². The number of nitrogens with zero attached hydrogens (tertiary/aromatic N) is 1. The predicted octanol–water partition coefficient (Wildman–Crippen LogP) is 1.70. The molecule has 1 aliphatic carbocycles. The lowest BCUT2D eigenvalue weighted by Gasteiger charge is -2.44. The fourth-order valence-electron chi connectivity index (χ4n) is 3.05. The number of aryl methyl sites for hydroxylation is 1. The molecule has 6 heteroatoms. The van der Waals surface area contributed by atoms with Crippen LogP contribution >= 0.6 is 0 Å². The second kappa shape index (κ2) is 6.04. The van der Waals surface area contributed by atoms with Gasteiger partial charge in [0.1, 0.15) is 17.2 Å². The van der Waals surface area contributed by atoms with E-state index >= 15 is 0 Å². The molecule has 1 heterocycles. The van der Waals surface area contributed by atoms with Gasteiger partial charge in [0.15, 0.2) is 0 Å². The molecule has 0 aliphatic heterocycles. The average Bonchev–Trinajstić information content (AvgIpc) is 2.95. The first kappa shape index (κ1) is 15.6. The molecule has 1 fully saturated rings. The van der Waals surface area contributed by atoms with Gasteiger partial charge in [-0.25, -0.2) is 0 Å². The minimum atomic E-state index is -0.690. The molecule has 0 bridgehead atoms. The molecule has 122 valence electrons. The Hall–Kier alpha value is -2.34. The lowest BCUT2D eigenvalue weighted by Crippen LogP contribution is -2.55. The fraction of sp³-hybridized carbons (Fsp3) is 0.412. The van der Waals surface area contributed by atoms with Crippen LogP contribution in [0.3, 0.4) is 0 Å². The largest absolute Gasteiger partial charge is 0.497 e. The second-order valence-electron chi connectivity index (χ2n) is 5.98. The summed E-state index contributed by atoms with van der Waals surface area (Å²) >= 11 is 0. The molecule has 1 amide bonds. The topological polar surface area (TPSA) is 84.6 Å². The maximum Gasteiger partial charge on any atom is 0.231 e. The molecule has 2 N–H and O–H groups in total. The van der Waals surface area contributed by atoms with Gasteiger partial charge in [0.05, 0.1) is 25.2 Å². The Balaban J connectivity index is 1.75. The first-order chi connectivity index (χ1) is 11.0. The molecule has 0 radical (unpaired) electrons. The number of hydrogen-bond acceptors (Lipinski definition) is 5. The lowest BCUT2D eigenvalue weighted by atomic mass is 9.62. The van der Waals surface area contributed by atoms with Gasteiger partial charge in [0, 0.05) is 6.07 Å². The molecule has 0 saturated heterocycles. The SMILES string of the molecule is COc1ccc(C2(C(=O)NCc3cc(C)on3)CC(O)C2)cc1. The summed E-state index contributed by atoms with van der Waals surface area (Å²) in [7, 11) is 1.60. The van der Waals surface area contributed by atoms with Crippen LogP contribution in [-0.4, -0.2) is 29.4 Å². The normalized spacial score (nSPS) is 23.2. The minimum absolute atomic E-state index is 0.103. The van der Waals surface area contributed by atoms with Crippen molar-refractivity contribution in [2.24, 2.45) is 0 Å². The van der Waals surface area contributed by atoms with Crippen LogP contribution in [0, 0.1) is 6.92 Å². The van der Waals surface area contributed by atoms with Crippen molar-refractivity contribution in [1.82, 2.24) is 10.5 Å². The Bertz CT molecular complexity index is 687. The number of benzene rings is 1. The Morgan fingerprint density at radius 1 is 1.43 bits per heavy atom. The van der Waals surface area contributed by atoms with Crippen molar-refractivity contribution in [2.75, 3.05) is 7.11 Å². The highest BCUT2D eigenvalue weighted by Gasteiger charge is 2.50. The van der Waals surface area contributed by atoms with E-state index in [0.717, 1.165) is 11.3 Å². The van der Waals surface area contributed by atoms with Gasteiger partial charge in [-0.2, -0.15) is 0 Å². The van der Waals surface area contributed by atoms with Crippen molar-refractivity contribution in [3.05, 3.63) is 47.3 Å². The third-order valence-electron chi connectivity index (χ3n) is 4.35. The van der Waals surface area contributed by atoms with E-state index in [1.54, 1.807) is 20.1 Å². The first-order valence-electron chi connectivity index (χ1n) is 7.56. The van der Waals surface area contributed by atoms with Crippen molar-refractivity contribution in [3.8, 4) is 5.75 Å². The number of carbonyl (C=O) groups is 1. The Morgan fingerprint density at radius 2 is 2.13 bits per heavy atom. The highest BCUT2D eigenvalue weighted by molar-refractivity contribution is 5.89. The molecular formula is C17H20N2O4. The van der Waals surface area contributed by atoms with Crippen LogP contribution in [0.2, 0.25) is 0 Å². The van der Waals surface area contributed by atoms with Crippen molar-refractivity contribution >= 4 is 5.91 Å². The molecule has 6 nitrogen and oxygen atoms in total. The van der Waals surface area contributed by atoms with E-state index in [9.17, 15) is 9.90 Å². The highest BCUT2D eigenvalue weighted by atomic mass is 16.5. The number of nitrogens with one attached hydrogen (secondary N) is 1. The van der Waals surface area contributed by atoms with Crippen molar-refractivity contribution in [3.63, 3.8) is 0 Å². The van der Waals surface area contributed by atoms with E-state index in [1.807, 2.05) is 24.3 Å². The smallest absolute Gasteiger partial charge is 0.231 e. The maximum atomic E-state index is 12.7. The standard InChI is InChI=1S/C17H20N2O4/c1-11-7-13(19-23-11)10-18-16(21)17(8-14(20)9-17)12-3-5-15(22-2)6-4-12/h3-7,14,20H,8-10H2,1-2H3,(H,18,21). The van der Waals surface area contributed by atoms with Crippen LogP contribution in [0.1, 0.15) is 29.9 Å². The van der Waals surface area contributed by atoms with Gasteiger partial charge in [-0.1, -0.05) is 17.3 Å². The zero-order valence-corrected chi connectivity index (χ0v) is 13.2. The molecule has 3 rings (SSSR count). The number of carbonyl (C=O) groups excluding carboxylic acids is 1. The molecule has 0 atom stereocenters. The molecular weight excluding hydrogens is 296 g/mol. The number of rotatable bonds is 5. The van der Waals surface area contributed by atoms with E-state index in [-0.39, 0.29) is 5.91 Å². The van der Waals surface area contributed by atoms with Gasteiger partial charge in [0.25, 0.3) is 0 Å². The number of amides is 1. The summed E-state index contributed by atoms with van der Waals surface area (Å²) in [6.07, 6.45) is 0.392. The molecule has 1 aromatic carbocycles. The molecule has 0 unspecified atom stereocenters. The maximum absolute atomic E-state index is 12.7. The Morgan fingerprint density at radius 3 is 2.65 bits per heavy atom. The van der Waals surface area contributed by atoms with E-state index in [0.29, 0.717) is 30.8 Å². The molecule has 1 aliphatic rings. The van der Waals surface area contributed by atoms with E-state index in [4.69, 9.17) is 9.26 Å². The number of methoxy groups -OCH3 is 1. The number of hydrogen-bond donors (Lipinski definition) is 2. The van der Waals surface area contributed by atoms with Gasteiger partial charge >= 0.3 is 0 Å². The summed E-state index contributed by atoms with van der Waals surface area (Å²) in [5.74, 6) is 1.34. The van der Waals surface area contributed by atoms with Crippen LogP contribution < -0.4 is 10.1 Å². The van der Waals surface area contributed by atoms with Crippen LogP contribution in [0.25, 0.3) is 0 Å². The summed E-state index contributed by atoms with van der Waals surface area (Å²) in [6, 6.07) is 9.21. The van der Waals surface area contributed by atoms with Crippen molar-refractivity contribution in [2.45, 2.75) is 37.8 Å². The Labute approximate surface area is 134 Å². The van der Waals surface area contributed by atoms with E-state index < -0.39 is 11.5 Å². The Kier molecular flexibility index (Phi) is 4.09. The van der Waals surface area contributed by atoms with Crippen molar-refractivity contribution < 1.29 is 19.2 Å². The molecule has 23 heavy (non-hydrogen) atoms. The summed E-state index contributed by atoms with van der Waals surface area (Å²) in [4.78, 5) is 12.7. The van der Waals surface area contributed by atoms with Gasteiger partial charge in [-0.3, -0.25) is 4.79 Å². The molecule has 1 aromatic heterocycles. The van der Waals surface area contributed by atoms with E-state index in [1.165, 1.54) is 0 Å². The van der Waals surface area contributed by atoms with Crippen LogP contribution in [-0.2, 0) is 16.8 Å². The van der Waals surface area contributed by atoms with E-state index in [2.05, 4.69) is 10.5 Å². The fourth-order valence-corrected chi connectivity index (χ4v) is 3.05. The number of aliphatic hydroxyl groups is 1. The van der Waals surface area contributed by atoms with Crippen LogP contribution in [0.15, 0.2) is 34.9 Å². The lowest BCUT2D eigenvalue weighted by molar-refractivity contribution is -0.135. The molecule has 0 spiro atoms. The van der Waals surface area contributed by atoms with Crippen LogP contribution in [0.5, 0.6) is 5.75 Å². The van der Waals surface area contributed by atoms with Crippen LogP contribution in [0.4, 0.5) is 0 Å². The first-order valence-corrected chi connectivity index (χ1v) is 7.56. The highest BCUT2D eigenvalue weighted by Crippen LogP contribution is 2.44. The predicted molar refractivity (Wildman–Crippen MR) is 83.0 cm³/mol. The summed E-state index contributed by atoms with van der Waals surface area (Å²) in [6.45, 7) is 2.11. The zero-order valence-electron chi connectivity index (χ0n) is 13.2. The van der Waals surface area contributed by atoms with Gasteiger partial charge in [0.2, 0.25) is 5.91 Å². The molecule has 1 saturated carbocycles. The summed E-state index contributed by atoms with van der Waals surface area (Å²) in [5.41, 5.74) is 0.878. The monoisotopic (exact) mass is 316 g/mol. The summed E-state index contributed by atoms with van der Waals surface area (Å²) < 4.78 is 10.1. The third kappa shape index (κ3) is 2.94. The second-order valence-corrected chi connectivity index (χ2v) is 5.98. The van der Waals surface area contributed by atoms with Gasteiger partial charge in [-0.15, -0.1) is 0 Å². The van der Waals surface area contributed by atoms with Gasteiger partial charge in [-0.05, 0) is 37.5 Å². The zero-order chi connectivity index (χ0) is 16.4. The number of aliphatic hydroxyl groups excluding tert-OH is 1. The van der Waals surface area contributed by atoms with Crippen molar-refractivity contribution in [1.29, 1.82) is 0 Å². The number of aromatic nitrogens is 1. The minimum Gasteiger partial charge on any atom is -0.497 e. The quantitative estimate of drug-likeness (QED) is 0.877. The average molecular weight is 316 g/mol. The third-order valence-corrected chi connectivity index (χ3v) is 4.35. The molecule has 2 aromatic rings. The summed E-state index contributed by atoms with van der Waals surface area (Å²) in [5, 5.41) is 16.5. The number of ether oxygens (including phenoxy) is 1.